The highest BCUT2D eigenvalue weighted by atomic mass is 32.1. The Labute approximate surface area is 146 Å². The van der Waals surface area contributed by atoms with Crippen molar-refractivity contribution >= 4 is 22.9 Å². The molecule has 0 spiro atoms. The lowest BCUT2D eigenvalue weighted by molar-refractivity contribution is -0.115. The van der Waals surface area contributed by atoms with Crippen molar-refractivity contribution in [1.29, 1.82) is 0 Å². The van der Waals surface area contributed by atoms with E-state index in [-0.39, 0.29) is 12.3 Å². The van der Waals surface area contributed by atoms with Gasteiger partial charge in [-0.25, -0.2) is 4.98 Å². The molecule has 1 N–H and O–H groups in total. The number of para-hydroxylation sites is 1. The summed E-state index contributed by atoms with van der Waals surface area (Å²) in [5, 5.41) is 5.92. The molecule has 3 aromatic rings. The molecule has 0 aliphatic carbocycles. The summed E-state index contributed by atoms with van der Waals surface area (Å²) in [5.74, 6) is -0.0341. The van der Waals surface area contributed by atoms with E-state index in [4.69, 9.17) is 0 Å². The molecule has 1 amide bonds. The van der Waals surface area contributed by atoms with Gasteiger partial charge in [-0.15, -0.1) is 11.3 Å². The van der Waals surface area contributed by atoms with Gasteiger partial charge in [0.15, 0.2) is 0 Å². The van der Waals surface area contributed by atoms with E-state index < -0.39 is 0 Å². The van der Waals surface area contributed by atoms with Gasteiger partial charge in [-0.05, 0) is 31.9 Å². The number of amides is 1. The van der Waals surface area contributed by atoms with Gasteiger partial charge in [-0.3, -0.25) is 4.79 Å². The zero-order valence-electron chi connectivity index (χ0n) is 14.1. The highest BCUT2D eigenvalue weighted by Gasteiger charge is 2.11. The number of carbonyl (C=O) groups is 1. The SMILES string of the molecule is Cc1ccc(-c2nc(CC(=O)Nc3c(C)cccc3C)cs2)cc1. The molecule has 0 aliphatic heterocycles. The van der Waals surface area contributed by atoms with Crippen LogP contribution in [0.25, 0.3) is 10.6 Å². The highest BCUT2D eigenvalue weighted by molar-refractivity contribution is 7.13. The number of aromatic nitrogens is 1. The van der Waals surface area contributed by atoms with Gasteiger partial charge in [0.2, 0.25) is 5.91 Å². The van der Waals surface area contributed by atoms with Gasteiger partial charge in [0.05, 0.1) is 12.1 Å². The van der Waals surface area contributed by atoms with E-state index in [2.05, 4.69) is 41.5 Å². The van der Waals surface area contributed by atoms with Gasteiger partial charge in [0, 0.05) is 16.6 Å². The molecule has 2 aromatic carbocycles. The van der Waals surface area contributed by atoms with Crippen LogP contribution in [0, 0.1) is 20.8 Å². The lowest BCUT2D eigenvalue weighted by atomic mass is 10.1. The van der Waals surface area contributed by atoms with Crippen LogP contribution in [0.2, 0.25) is 0 Å². The third-order valence-electron chi connectivity index (χ3n) is 3.94. The number of hydrogen-bond donors (Lipinski definition) is 1. The monoisotopic (exact) mass is 336 g/mol. The van der Waals surface area contributed by atoms with Crippen LogP contribution in [-0.4, -0.2) is 10.9 Å². The molecule has 0 saturated heterocycles. The zero-order valence-corrected chi connectivity index (χ0v) is 14.9. The Kier molecular flexibility index (Phi) is 4.76. The molecule has 4 heteroatoms. The van der Waals surface area contributed by atoms with Crippen molar-refractivity contribution in [1.82, 2.24) is 4.98 Å². The average Bonchev–Trinajstić information content (AvgIpc) is 3.00. The Balaban J connectivity index is 1.70. The molecule has 0 aliphatic rings. The highest BCUT2D eigenvalue weighted by Crippen LogP contribution is 2.25. The smallest absolute Gasteiger partial charge is 0.230 e. The Morgan fingerprint density at radius 3 is 2.38 bits per heavy atom. The first-order valence-corrected chi connectivity index (χ1v) is 8.78. The third-order valence-corrected chi connectivity index (χ3v) is 4.88. The van der Waals surface area contributed by atoms with Crippen LogP contribution in [0.5, 0.6) is 0 Å². The van der Waals surface area contributed by atoms with Crippen LogP contribution in [0.3, 0.4) is 0 Å². The van der Waals surface area contributed by atoms with Gasteiger partial charge in [-0.1, -0.05) is 48.0 Å². The minimum atomic E-state index is -0.0341. The second kappa shape index (κ2) is 6.97. The first-order chi connectivity index (χ1) is 11.5. The molecule has 0 unspecified atom stereocenters. The number of hydrogen-bond acceptors (Lipinski definition) is 3. The van der Waals surface area contributed by atoms with Crippen LogP contribution in [0.15, 0.2) is 47.8 Å². The summed E-state index contributed by atoms with van der Waals surface area (Å²) in [5.41, 5.74) is 6.16. The maximum Gasteiger partial charge on any atom is 0.230 e. The van der Waals surface area contributed by atoms with Crippen molar-refractivity contribution in [3.63, 3.8) is 0 Å². The molecule has 0 saturated carbocycles. The largest absolute Gasteiger partial charge is 0.325 e. The lowest BCUT2D eigenvalue weighted by Gasteiger charge is -2.10. The number of thiazole rings is 1. The van der Waals surface area contributed by atoms with Gasteiger partial charge >= 0.3 is 0 Å². The maximum atomic E-state index is 12.3. The van der Waals surface area contributed by atoms with Crippen LogP contribution >= 0.6 is 11.3 Å². The van der Waals surface area contributed by atoms with Crippen molar-refractivity contribution in [2.24, 2.45) is 0 Å². The molecule has 0 radical (unpaired) electrons. The van der Waals surface area contributed by atoms with Gasteiger partial charge in [-0.2, -0.15) is 0 Å². The molecule has 122 valence electrons. The summed E-state index contributed by atoms with van der Waals surface area (Å²) in [4.78, 5) is 16.9. The van der Waals surface area contributed by atoms with Gasteiger partial charge < -0.3 is 5.32 Å². The molecule has 0 atom stereocenters. The summed E-state index contributed by atoms with van der Waals surface area (Å²) >= 11 is 1.57. The lowest BCUT2D eigenvalue weighted by Crippen LogP contribution is -2.16. The van der Waals surface area contributed by atoms with Crippen LogP contribution in [0.4, 0.5) is 5.69 Å². The average molecular weight is 336 g/mol. The Morgan fingerprint density at radius 1 is 1.04 bits per heavy atom. The quantitative estimate of drug-likeness (QED) is 0.735. The Bertz CT molecular complexity index is 845. The fourth-order valence-electron chi connectivity index (χ4n) is 2.58. The summed E-state index contributed by atoms with van der Waals surface area (Å²) < 4.78 is 0. The minimum Gasteiger partial charge on any atom is -0.325 e. The van der Waals surface area contributed by atoms with E-state index in [1.165, 1.54) is 5.56 Å². The molecule has 0 bridgehead atoms. The molecular formula is C20H20N2OS. The first-order valence-electron chi connectivity index (χ1n) is 7.90. The van der Waals surface area contributed by atoms with Crippen LogP contribution in [-0.2, 0) is 11.2 Å². The molecule has 3 nitrogen and oxygen atoms in total. The van der Waals surface area contributed by atoms with E-state index in [1.54, 1.807) is 11.3 Å². The van der Waals surface area contributed by atoms with E-state index in [9.17, 15) is 4.79 Å². The number of nitrogens with zero attached hydrogens (tertiary/aromatic N) is 1. The summed E-state index contributed by atoms with van der Waals surface area (Å²) in [7, 11) is 0. The Morgan fingerprint density at radius 2 is 1.71 bits per heavy atom. The van der Waals surface area contributed by atoms with Crippen molar-refractivity contribution in [3.8, 4) is 10.6 Å². The molecule has 1 heterocycles. The number of anilines is 1. The van der Waals surface area contributed by atoms with E-state index in [0.29, 0.717) is 0 Å². The van der Waals surface area contributed by atoms with Gasteiger partial charge in [0.25, 0.3) is 0 Å². The van der Waals surface area contributed by atoms with Crippen molar-refractivity contribution in [3.05, 3.63) is 70.2 Å². The third kappa shape index (κ3) is 3.71. The molecule has 24 heavy (non-hydrogen) atoms. The predicted molar refractivity (Wildman–Crippen MR) is 101 cm³/mol. The predicted octanol–water partition coefficient (Wildman–Crippen LogP) is 4.92. The fourth-order valence-corrected chi connectivity index (χ4v) is 3.40. The summed E-state index contributed by atoms with van der Waals surface area (Å²) in [6.07, 6.45) is 0.288. The second-order valence-corrected chi connectivity index (χ2v) is 6.86. The number of nitrogens with one attached hydrogen (secondary N) is 1. The normalized spacial score (nSPS) is 10.6. The van der Waals surface area contributed by atoms with E-state index in [0.717, 1.165) is 33.1 Å². The summed E-state index contributed by atoms with van der Waals surface area (Å²) in [6.45, 7) is 6.07. The number of carbonyl (C=O) groups excluding carboxylic acids is 1. The molecule has 3 rings (SSSR count). The van der Waals surface area contributed by atoms with E-state index >= 15 is 0 Å². The zero-order chi connectivity index (χ0) is 17.1. The molecule has 0 fully saturated rings. The van der Waals surface area contributed by atoms with Crippen LogP contribution < -0.4 is 5.32 Å². The molecular weight excluding hydrogens is 316 g/mol. The number of benzene rings is 2. The standard InChI is InChI=1S/C20H20N2OS/c1-13-7-9-16(10-8-13)20-21-17(12-24-20)11-18(23)22-19-14(2)5-4-6-15(19)3/h4-10,12H,11H2,1-3H3,(H,22,23). The Hall–Kier alpha value is -2.46. The second-order valence-electron chi connectivity index (χ2n) is 6.00. The van der Waals surface area contributed by atoms with Crippen molar-refractivity contribution < 1.29 is 4.79 Å². The van der Waals surface area contributed by atoms with Crippen LogP contribution in [0.1, 0.15) is 22.4 Å². The minimum absolute atomic E-state index is 0.0341. The number of rotatable bonds is 4. The maximum absolute atomic E-state index is 12.3. The summed E-state index contributed by atoms with van der Waals surface area (Å²) in [6, 6.07) is 14.3. The van der Waals surface area contributed by atoms with Crippen molar-refractivity contribution in [2.75, 3.05) is 5.32 Å². The van der Waals surface area contributed by atoms with E-state index in [1.807, 2.05) is 37.4 Å². The first kappa shape index (κ1) is 16.4. The van der Waals surface area contributed by atoms with Gasteiger partial charge in [0.1, 0.15) is 5.01 Å². The molecule has 1 aromatic heterocycles. The number of aryl methyl sites for hydroxylation is 3. The van der Waals surface area contributed by atoms with Crippen molar-refractivity contribution in [2.45, 2.75) is 27.2 Å². The fraction of sp³-hybridized carbons (Fsp3) is 0.200. The topological polar surface area (TPSA) is 42.0 Å².